The van der Waals surface area contributed by atoms with Crippen molar-refractivity contribution in [3.63, 3.8) is 0 Å². The topological polar surface area (TPSA) is 20.3 Å². The summed E-state index contributed by atoms with van der Waals surface area (Å²) in [4.78, 5) is 12.5. The maximum absolute atomic E-state index is 12.5. The summed E-state index contributed by atoms with van der Waals surface area (Å²) in [6.07, 6.45) is 17.6. The molecule has 0 N–H and O–H groups in total. The Morgan fingerprint density at radius 2 is 1.24 bits per heavy atom. The molecule has 0 aliphatic rings. The molecule has 25 heavy (non-hydrogen) atoms. The fourth-order valence-electron chi connectivity index (χ4n) is 2.97. The first-order chi connectivity index (χ1) is 12.1. The molecule has 0 spiro atoms. The maximum atomic E-state index is 12.5. The number of hydrogen-bond acceptors (Lipinski definition) is 2. The summed E-state index contributed by atoms with van der Waals surface area (Å²) in [5.74, 6) is 2.01. The van der Waals surface area contributed by atoms with Gasteiger partial charge in [-0.3, -0.25) is 9.10 Å². The zero-order chi connectivity index (χ0) is 18.8. The Labute approximate surface area is 163 Å². The number of rotatable bonds is 18. The van der Waals surface area contributed by atoms with Crippen molar-refractivity contribution >= 4 is 17.9 Å². The summed E-state index contributed by atoms with van der Waals surface area (Å²) in [7, 11) is 0. The van der Waals surface area contributed by atoms with Crippen molar-refractivity contribution in [2.75, 3.05) is 12.3 Å². The van der Waals surface area contributed by atoms with Gasteiger partial charge in [-0.25, -0.2) is 0 Å². The normalized spacial score (nSPS) is 11.2. The second-order valence-corrected chi connectivity index (χ2v) is 8.93. The molecule has 0 saturated carbocycles. The van der Waals surface area contributed by atoms with Crippen LogP contribution in [-0.2, 0) is 4.79 Å². The number of hydrogen-bond donors (Lipinski definition) is 0. The van der Waals surface area contributed by atoms with Gasteiger partial charge in [0.1, 0.15) is 0 Å². The van der Waals surface area contributed by atoms with Crippen LogP contribution in [0.1, 0.15) is 118 Å². The summed E-state index contributed by atoms with van der Waals surface area (Å²) >= 11 is 1.78. The average Bonchev–Trinajstić information content (AvgIpc) is 2.58. The lowest BCUT2D eigenvalue weighted by Crippen LogP contribution is -2.28. The standard InChI is InChI=1S/C22H45NOS/c1-5-7-9-11-13-14-16-18-22(24)23(20-21(3)4)25-19-17-15-12-10-8-6-2/h21H,5-20H2,1-4H3. The van der Waals surface area contributed by atoms with Crippen molar-refractivity contribution in [2.45, 2.75) is 118 Å². The molecule has 150 valence electrons. The smallest absolute Gasteiger partial charge is 0.232 e. The van der Waals surface area contributed by atoms with E-state index in [4.69, 9.17) is 0 Å². The zero-order valence-electron chi connectivity index (χ0n) is 17.7. The molecule has 0 aromatic rings. The molecule has 0 bridgehead atoms. The Morgan fingerprint density at radius 3 is 1.76 bits per heavy atom. The Bertz CT molecular complexity index is 294. The lowest BCUT2D eigenvalue weighted by atomic mass is 10.1. The van der Waals surface area contributed by atoms with Gasteiger partial charge in [0.2, 0.25) is 5.91 Å². The Morgan fingerprint density at radius 1 is 0.760 bits per heavy atom. The summed E-state index contributed by atoms with van der Waals surface area (Å²) in [6, 6.07) is 0. The van der Waals surface area contributed by atoms with E-state index in [1.165, 1.54) is 77.0 Å². The van der Waals surface area contributed by atoms with E-state index < -0.39 is 0 Å². The van der Waals surface area contributed by atoms with E-state index in [9.17, 15) is 4.79 Å². The van der Waals surface area contributed by atoms with Gasteiger partial charge in [0.25, 0.3) is 0 Å². The Hall–Kier alpha value is -0.180. The molecule has 0 aliphatic heterocycles. The van der Waals surface area contributed by atoms with Crippen LogP contribution in [0.3, 0.4) is 0 Å². The summed E-state index contributed by atoms with van der Waals surface area (Å²) < 4.78 is 2.06. The van der Waals surface area contributed by atoms with E-state index in [0.29, 0.717) is 11.8 Å². The molecule has 2 nitrogen and oxygen atoms in total. The molecule has 0 heterocycles. The van der Waals surface area contributed by atoms with Crippen LogP contribution in [-0.4, -0.2) is 22.5 Å². The molecule has 0 aromatic heterocycles. The quantitative estimate of drug-likeness (QED) is 0.182. The van der Waals surface area contributed by atoms with Crippen molar-refractivity contribution < 1.29 is 4.79 Å². The van der Waals surface area contributed by atoms with Crippen molar-refractivity contribution in [1.82, 2.24) is 4.31 Å². The minimum Gasteiger partial charge on any atom is -0.286 e. The van der Waals surface area contributed by atoms with Gasteiger partial charge in [-0.1, -0.05) is 98.3 Å². The van der Waals surface area contributed by atoms with E-state index in [0.717, 1.165) is 25.1 Å². The number of unbranched alkanes of at least 4 members (excludes halogenated alkanes) is 11. The van der Waals surface area contributed by atoms with Crippen LogP contribution in [0.15, 0.2) is 0 Å². The Kier molecular flexibility index (Phi) is 18.5. The van der Waals surface area contributed by atoms with Crippen molar-refractivity contribution in [3.05, 3.63) is 0 Å². The molecule has 3 heteroatoms. The maximum Gasteiger partial charge on any atom is 0.232 e. The van der Waals surface area contributed by atoms with Gasteiger partial charge in [0, 0.05) is 18.7 Å². The van der Waals surface area contributed by atoms with Crippen LogP contribution in [0, 0.1) is 5.92 Å². The Balaban J connectivity index is 3.85. The van der Waals surface area contributed by atoms with Crippen LogP contribution >= 0.6 is 11.9 Å². The third-order valence-corrected chi connectivity index (χ3v) is 5.68. The fraction of sp³-hybridized carbons (Fsp3) is 0.955. The predicted octanol–water partition coefficient (Wildman–Crippen LogP) is 7.62. The molecule has 0 atom stereocenters. The van der Waals surface area contributed by atoms with Crippen molar-refractivity contribution in [1.29, 1.82) is 0 Å². The van der Waals surface area contributed by atoms with E-state index in [1.807, 2.05) is 0 Å². The van der Waals surface area contributed by atoms with Gasteiger partial charge < -0.3 is 0 Å². The molecular weight excluding hydrogens is 326 g/mol. The van der Waals surface area contributed by atoms with E-state index >= 15 is 0 Å². The van der Waals surface area contributed by atoms with E-state index in [1.54, 1.807) is 11.9 Å². The molecule has 0 aromatic carbocycles. The third-order valence-electron chi connectivity index (χ3n) is 4.55. The number of carbonyl (C=O) groups is 1. The van der Waals surface area contributed by atoms with Gasteiger partial charge in [0.05, 0.1) is 0 Å². The molecule has 0 unspecified atom stereocenters. The number of nitrogens with zero attached hydrogens (tertiary/aromatic N) is 1. The van der Waals surface area contributed by atoms with Gasteiger partial charge in [0.15, 0.2) is 0 Å². The van der Waals surface area contributed by atoms with Crippen LogP contribution in [0.4, 0.5) is 0 Å². The minimum atomic E-state index is 0.359. The van der Waals surface area contributed by atoms with Crippen LogP contribution in [0.5, 0.6) is 0 Å². The first-order valence-corrected chi connectivity index (χ1v) is 12.0. The largest absolute Gasteiger partial charge is 0.286 e. The summed E-state index contributed by atoms with van der Waals surface area (Å²) in [5, 5.41) is 0. The number of carbonyl (C=O) groups excluding carboxylic acids is 1. The highest BCUT2D eigenvalue weighted by Gasteiger charge is 2.15. The second-order valence-electron chi connectivity index (χ2n) is 7.82. The van der Waals surface area contributed by atoms with E-state index in [2.05, 4.69) is 32.0 Å². The van der Waals surface area contributed by atoms with Gasteiger partial charge in [-0.15, -0.1) is 0 Å². The highest BCUT2D eigenvalue weighted by atomic mass is 32.2. The van der Waals surface area contributed by atoms with Crippen LogP contribution in [0.2, 0.25) is 0 Å². The van der Waals surface area contributed by atoms with Crippen molar-refractivity contribution in [3.8, 4) is 0 Å². The fourth-order valence-corrected chi connectivity index (χ4v) is 4.17. The predicted molar refractivity (Wildman–Crippen MR) is 115 cm³/mol. The second kappa shape index (κ2) is 18.6. The lowest BCUT2D eigenvalue weighted by Gasteiger charge is -2.23. The molecular formula is C22H45NOS. The van der Waals surface area contributed by atoms with Crippen LogP contribution in [0.25, 0.3) is 0 Å². The van der Waals surface area contributed by atoms with Crippen LogP contribution < -0.4 is 0 Å². The first kappa shape index (κ1) is 24.8. The molecule has 0 saturated heterocycles. The monoisotopic (exact) mass is 371 g/mol. The third kappa shape index (κ3) is 17.0. The zero-order valence-corrected chi connectivity index (χ0v) is 18.5. The van der Waals surface area contributed by atoms with E-state index in [-0.39, 0.29) is 0 Å². The highest BCUT2D eigenvalue weighted by Crippen LogP contribution is 2.19. The average molecular weight is 372 g/mol. The summed E-state index contributed by atoms with van der Waals surface area (Å²) in [5.41, 5.74) is 0. The lowest BCUT2D eigenvalue weighted by molar-refractivity contribution is -0.126. The number of amides is 1. The molecule has 0 radical (unpaired) electrons. The van der Waals surface area contributed by atoms with Gasteiger partial charge in [-0.05, 0) is 30.7 Å². The minimum absolute atomic E-state index is 0.359. The molecule has 0 fully saturated rings. The van der Waals surface area contributed by atoms with Gasteiger partial charge >= 0.3 is 0 Å². The molecule has 0 rings (SSSR count). The molecule has 0 aliphatic carbocycles. The first-order valence-electron chi connectivity index (χ1n) is 11.0. The highest BCUT2D eigenvalue weighted by molar-refractivity contribution is 7.97. The SMILES string of the molecule is CCCCCCCCCC(=O)N(CC(C)C)SCCCCCCCC. The van der Waals surface area contributed by atoms with Crippen molar-refractivity contribution in [2.24, 2.45) is 5.92 Å². The van der Waals surface area contributed by atoms with Gasteiger partial charge in [-0.2, -0.15) is 0 Å². The summed E-state index contributed by atoms with van der Waals surface area (Å²) in [6.45, 7) is 9.83. The molecule has 1 amide bonds.